The lowest BCUT2D eigenvalue weighted by atomic mass is 9.79. The van der Waals surface area contributed by atoms with Crippen molar-refractivity contribution in [2.75, 3.05) is 5.32 Å². The predicted octanol–water partition coefficient (Wildman–Crippen LogP) is 5.63. The van der Waals surface area contributed by atoms with Crippen LogP contribution in [0.25, 0.3) is 0 Å². The van der Waals surface area contributed by atoms with Crippen molar-refractivity contribution in [3.63, 3.8) is 0 Å². The zero-order valence-corrected chi connectivity index (χ0v) is 22.2. The highest BCUT2D eigenvalue weighted by molar-refractivity contribution is 5.28. The van der Waals surface area contributed by atoms with Crippen molar-refractivity contribution in [2.45, 2.75) is 136 Å². The topological polar surface area (TPSA) is 74.8 Å². The van der Waals surface area contributed by atoms with Gasteiger partial charge in [-0.1, -0.05) is 47.0 Å². The molecule has 1 saturated heterocycles. The summed E-state index contributed by atoms with van der Waals surface area (Å²) in [5.74, 6) is 1.39. The van der Waals surface area contributed by atoms with Crippen LogP contribution in [0.4, 0.5) is 5.95 Å². The minimum Gasteiger partial charge on any atom is -0.349 e. The molecule has 0 aromatic carbocycles. The number of hydrogen-bond donors (Lipinski definition) is 3. The molecule has 1 fully saturated rings. The maximum atomic E-state index is 4.85. The number of piperidine rings is 1. The van der Waals surface area contributed by atoms with Crippen LogP contribution in [-0.2, 0) is 0 Å². The first kappa shape index (κ1) is 27.0. The van der Waals surface area contributed by atoms with Gasteiger partial charge in [-0.15, -0.1) is 0 Å². The molecular formula is C26H48N6. The van der Waals surface area contributed by atoms with E-state index in [-0.39, 0.29) is 28.1 Å². The Kier molecular flexibility index (Phi) is 8.71. The van der Waals surface area contributed by atoms with E-state index in [2.05, 4.69) is 101 Å². The van der Waals surface area contributed by atoms with Gasteiger partial charge in [-0.05, 0) is 72.6 Å². The number of aromatic nitrogens is 3. The third kappa shape index (κ3) is 9.30. The zero-order chi connectivity index (χ0) is 24.2. The highest BCUT2D eigenvalue weighted by Crippen LogP contribution is 2.31. The summed E-state index contributed by atoms with van der Waals surface area (Å²) in [6.07, 6.45) is 10.2. The minimum atomic E-state index is -0.120. The summed E-state index contributed by atoms with van der Waals surface area (Å²) in [5.41, 5.74) is 0.270. The van der Waals surface area contributed by atoms with Crippen molar-refractivity contribution >= 4 is 5.95 Å². The maximum absolute atomic E-state index is 4.85. The van der Waals surface area contributed by atoms with Crippen LogP contribution in [0.3, 0.4) is 0 Å². The molecule has 182 valence electrons. The predicted molar refractivity (Wildman–Crippen MR) is 134 cm³/mol. The van der Waals surface area contributed by atoms with Gasteiger partial charge in [-0.3, -0.25) is 0 Å². The normalized spacial score (nSPS) is 20.2. The molecule has 1 atom stereocenters. The number of hydrogen-bond acceptors (Lipinski definition) is 6. The minimum absolute atomic E-state index is 0.0850. The molecule has 3 N–H and O–H groups in total. The van der Waals surface area contributed by atoms with Gasteiger partial charge >= 0.3 is 0 Å². The van der Waals surface area contributed by atoms with E-state index in [9.17, 15) is 0 Å². The van der Waals surface area contributed by atoms with Crippen molar-refractivity contribution in [1.29, 1.82) is 0 Å². The van der Waals surface area contributed by atoms with Crippen LogP contribution in [0.1, 0.15) is 119 Å². The Morgan fingerprint density at radius 1 is 1.06 bits per heavy atom. The summed E-state index contributed by atoms with van der Waals surface area (Å²) in [5, 5.41) is 11.2. The SMILES string of the molecule is [CH2]CCCCC(NC1CC(C)(C)NC(C)(C)C1)c1n[c]nc(NC(C)(C)CC(C)(C)C)n1. The molecule has 0 bridgehead atoms. The van der Waals surface area contributed by atoms with Crippen LogP contribution in [0, 0.1) is 18.7 Å². The van der Waals surface area contributed by atoms with Crippen molar-refractivity contribution in [1.82, 2.24) is 25.6 Å². The molecule has 6 heteroatoms. The highest BCUT2D eigenvalue weighted by atomic mass is 15.2. The van der Waals surface area contributed by atoms with Gasteiger partial charge in [0.1, 0.15) is 0 Å². The standard InChI is InChI=1S/C26H48N6/c1-11-12-13-14-20(29-19-15-24(5,6)32-25(7,8)16-19)21-27-18-28-22(30-21)31-26(9,10)17-23(2,3)4/h19-20,29,32H,1,11-17H2,2-10H3,(H,27,28,30,31). The summed E-state index contributed by atoms with van der Waals surface area (Å²) < 4.78 is 0. The Labute approximate surface area is 197 Å². The largest absolute Gasteiger partial charge is 0.349 e. The smallest absolute Gasteiger partial charge is 0.227 e. The zero-order valence-electron chi connectivity index (χ0n) is 22.2. The molecule has 0 saturated carbocycles. The molecule has 0 spiro atoms. The van der Waals surface area contributed by atoms with Crippen LogP contribution in [0.5, 0.6) is 0 Å². The fraction of sp³-hybridized carbons (Fsp3) is 0.846. The molecule has 1 aromatic heterocycles. The second-order valence-electron chi connectivity index (χ2n) is 12.9. The Balaban J connectivity index is 2.20. The molecule has 1 unspecified atom stereocenters. The quantitative estimate of drug-likeness (QED) is 0.406. The van der Waals surface area contributed by atoms with Crippen molar-refractivity contribution in [3.05, 3.63) is 19.1 Å². The Morgan fingerprint density at radius 3 is 2.25 bits per heavy atom. The Hall–Kier alpha value is -1.27. The van der Waals surface area contributed by atoms with E-state index in [1.54, 1.807) is 0 Å². The Morgan fingerprint density at radius 2 is 1.69 bits per heavy atom. The number of anilines is 1. The van der Waals surface area contributed by atoms with Crippen molar-refractivity contribution in [2.24, 2.45) is 5.41 Å². The molecule has 2 rings (SSSR count). The first-order valence-electron chi connectivity index (χ1n) is 12.3. The molecule has 2 radical (unpaired) electrons. The van der Waals surface area contributed by atoms with Crippen molar-refractivity contribution < 1.29 is 0 Å². The number of nitrogens with one attached hydrogen (secondary N) is 3. The Bertz CT molecular complexity index is 703. The molecule has 1 aromatic rings. The fourth-order valence-electron chi connectivity index (χ4n) is 5.70. The third-order valence-corrected chi connectivity index (χ3v) is 5.89. The average molecular weight is 445 g/mol. The van der Waals surface area contributed by atoms with E-state index in [0.29, 0.717) is 12.0 Å². The van der Waals surface area contributed by atoms with E-state index < -0.39 is 0 Å². The second-order valence-corrected chi connectivity index (χ2v) is 12.9. The van der Waals surface area contributed by atoms with E-state index in [4.69, 9.17) is 4.98 Å². The van der Waals surface area contributed by atoms with Crippen LogP contribution >= 0.6 is 0 Å². The third-order valence-electron chi connectivity index (χ3n) is 5.89. The van der Waals surface area contributed by atoms with Gasteiger partial charge in [0.05, 0.1) is 6.04 Å². The van der Waals surface area contributed by atoms with Gasteiger partial charge < -0.3 is 16.0 Å². The fourth-order valence-corrected chi connectivity index (χ4v) is 5.70. The van der Waals surface area contributed by atoms with E-state index in [0.717, 1.165) is 50.8 Å². The number of nitrogens with zero attached hydrogens (tertiary/aromatic N) is 3. The second kappa shape index (κ2) is 10.3. The lowest BCUT2D eigenvalue weighted by Gasteiger charge is -2.47. The average Bonchev–Trinajstić information content (AvgIpc) is 2.56. The first-order valence-corrected chi connectivity index (χ1v) is 12.3. The number of unbranched alkanes of at least 4 members (excludes halogenated alkanes) is 2. The van der Waals surface area contributed by atoms with Crippen LogP contribution < -0.4 is 16.0 Å². The van der Waals surface area contributed by atoms with Crippen LogP contribution in [0.2, 0.25) is 0 Å². The van der Waals surface area contributed by atoms with Gasteiger partial charge in [0, 0.05) is 22.7 Å². The van der Waals surface area contributed by atoms with E-state index in [1.165, 1.54) is 0 Å². The molecule has 1 aliphatic rings. The molecule has 32 heavy (non-hydrogen) atoms. The first-order chi connectivity index (χ1) is 14.6. The lowest BCUT2D eigenvalue weighted by molar-refractivity contribution is 0.137. The summed E-state index contributed by atoms with van der Waals surface area (Å²) in [7, 11) is 0. The van der Waals surface area contributed by atoms with E-state index in [1.807, 2.05) is 0 Å². The molecule has 0 amide bonds. The van der Waals surface area contributed by atoms with Gasteiger partial charge in [0.25, 0.3) is 0 Å². The maximum Gasteiger partial charge on any atom is 0.227 e. The van der Waals surface area contributed by atoms with Gasteiger partial charge in [-0.2, -0.15) is 9.97 Å². The van der Waals surface area contributed by atoms with Gasteiger partial charge in [-0.25, -0.2) is 4.98 Å². The number of rotatable bonds is 10. The molecular weight excluding hydrogens is 396 g/mol. The van der Waals surface area contributed by atoms with E-state index >= 15 is 0 Å². The molecule has 2 heterocycles. The highest BCUT2D eigenvalue weighted by Gasteiger charge is 2.38. The van der Waals surface area contributed by atoms with Gasteiger partial charge in [0.2, 0.25) is 12.3 Å². The summed E-state index contributed by atoms with van der Waals surface area (Å²) in [6, 6.07) is 0.485. The van der Waals surface area contributed by atoms with Gasteiger partial charge in [0.15, 0.2) is 5.82 Å². The lowest BCUT2D eigenvalue weighted by Crippen LogP contribution is -2.61. The summed E-state index contributed by atoms with van der Waals surface area (Å²) in [6.45, 7) is 24.3. The summed E-state index contributed by atoms with van der Waals surface area (Å²) in [4.78, 5) is 13.6. The monoisotopic (exact) mass is 444 g/mol. The molecule has 6 nitrogen and oxygen atoms in total. The molecule has 0 aliphatic carbocycles. The van der Waals surface area contributed by atoms with Crippen LogP contribution in [0.15, 0.2) is 0 Å². The van der Waals surface area contributed by atoms with Crippen LogP contribution in [-0.4, -0.2) is 37.6 Å². The van der Waals surface area contributed by atoms with Crippen molar-refractivity contribution in [3.8, 4) is 0 Å². The summed E-state index contributed by atoms with van der Waals surface area (Å²) >= 11 is 0. The molecule has 1 aliphatic heterocycles.